The highest BCUT2D eigenvalue weighted by molar-refractivity contribution is 7.18. The molecule has 0 saturated carbocycles. The quantitative estimate of drug-likeness (QED) is 0.209. The van der Waals surface area contributed by atoms with Crippen LogP contribution in [0.2, 0.25) is 0 Å². The number of carbonyl (C=O) groups is 2. The number of pyridine rings is 2. The zero-order valence-electron chi connectivity index (χ0n) is 32.2. The first kappa shape index (κ1) is 36.6. The van der Waals surface area contributed by atoms with Crippen LogP contribution >= 0.6 is 11.3 Å². The summed E-state index contributed by atoms with van der Waals surface area (Å²) in [5.74, 6) is 1.33. The van der Waals surface area contributed by atoms with Crippen molar-refractivity contribution in [2.45, 2.75) is 63.1 Å². The number of amides is 3. The molecule has 0 spiro atoms. The van der Waals surface area contributed by atoms with Gasteiger partial charge >= 0.3 is 6.03 Å². The maximum Gasteiger partial charge on any atom is 0.328 e. The molecule has 5 aromatic rings. The first-order valence-corrected chi connectivity index (χ1v) is 21.2. The van der Waals surface area contributed by atoms with Crippen LogP contribution in [0.15, 0.2) is 55.0 Å². The van der Waals surface area contributed by atoms with Crippen molar-refractivity contribution in [3.05, 3.63) is 60.6 Å². The average Bonchev–Trinajstić information content (AvgIpc) is 3.97. The molecule has 2 unspecified atom stereocenters. The second-order valence-corrected chi connectivity index (χ2v) is 16.9. The van der Waals surface area contributed by atoms with Gasteiger partial charge in [-0.3, -0.25) is 24.9 Å². The van der Waals surface area contributed by atoms with Crippen LogP contribution in [0.3, 0.4) is 0 Å². The molecule has 2 atom stereocenters. The van der Waals surface area contributed by atoms with Crippen molar-refractivity contribution in [1.29, 1.82) is 5.26 Å². The predicted molar refractivity (Wildman–Crippen MR) is 220 cm³/mol. The van der Waals surface area contributed by atoms with Crippen molar-refractivity contribution in [1.82, 2.24) is 40.0 Å². The van der Waals surface area contributed by atoms with Crippen molar-refractivity contribution >= 4 is 51.1 Å². The Bertz CT molecular complexity index is 2350. The number of anilines is 4. The fourth-order valence-corrected chi connectivity index (χ4v) is 10.2. The number of rotatable bonds is 9. The number of fused-ring (bicyclic) bond motifs is 3. The van der Waals surface area contributed by atoms with Crippen LogP contribution in [0.1, 0.15) is 50.5 Å². The molecule has 0 aromatic carbocycles. The lowest BCUT2D eigenvalue weighted by molar-refractivity contribution is -0.120. The summed E-state index contributed by atoms with van der Waals surface area (Å²) in [6.07, 6.45) is 12.0. The van der Waals surface area contributed by atoms with Crippen LogP contribution in [0.25, 0.3) is 27.5 Å². The van der Waals surface area contributed by atoms with Crippen molar-refractivity contribution in [3.8, 4) is 28.0 Å². The van der Waals surface area contributed by atoms with Gasteiger partial charge in [0, 0.05) is 88.9 Å². The van der Waals surface area contributed by atoms with E-state index in [0.717, 1.165) is 116 Å². The van der Waals surface area contributed by atoms with Crippen molar-refractivity contribution < 1.29 is 14.3 Å². The number of nitrogens with zero attached hydrogens (tertiary/aromatic N) is 11. The molecule has 5 aromatic heterocycles. The Morgan fingerprint density at radius 2 is 1.72 bits per heavy atom. The molecule has 17 heteroatoms. The van der Waals surface area contributed by atoms with Gasteiger partial charge < -0.3 is 19.9 Å². The van der Waals surface area contributed by atoms with E-state index >= 15 is 0 Å². The van der Waals surface area contributed by atoms with Gasteiger partial charge in [0.1, 0.15) is 11.9 Å². The topological polar surface area (TPSA) is 173 Å². The van der Waals surface area contributed by atoms with E-state index in [1.807, 2.05) is 41.0 Å². The maximum atomic E-state index is 12.3. The molecule has 2 bridgehead atoms. The third kappa shape index (κ3) is 7.20. The van der Waals surface area contributed by atoms with Gasteiger partial charge in [0.15, 0.2) is 5.01 Å². The van der Waals surface area contributed by atoms with Crippen LogP contribution in [-0.4, -0.2) is 117 Å². The van der Waals surface area contributed by atoms with E-state index in [1.54, 1.807) is 28.6 Å². The third-order valence-electron chi connectivity index (χ3n) is 12.4. The number of aromatic nitrogens is 6. The molecule has 5 aliphatic heterocycles. The zero-order valence-corrected chi connectivity index (χ0v) is 33.0. The minimum absolute atomic E-state index is 0.237. The van der Waals surface area contributed by atoms with Crippen LogP contribution in [-0.2, 0) is 9.53 Å². The molecular formula is C41H45N13O3S. The van der Waals surface area contributed by atoms with E-state index in [2.05, 4.69) is 42.6 Å². The molecule has 10 rings (SSSR count). The second-order valence-electron chi connectivity index (χ2n) is 16.0. The molecule has 298 valence electrons. The van der Waals surface area contributed by atoms with Gasteiger partial charge in [-0.25, -0.2) is 14.3 Å². The summed E-state index contributed by atoms with van der Waals surface area (Å²) in [6, 6.07) is 14.9. The fourth-order valence-electron chi connectivity index (χ4n) is 9.28. The predicted octanol–water partition coefficient (Wildman–Crippen LogP) is 4.79. The van der Waals surface area contributed by atoms with E-state index in [1.165, 1.54) is 12.8 Å². The van der Waals surface area contributed by atoms with E-state index in [4.69, 9.17) is 24.9 Å². The van der Waals surface area contributed by atoms with Crippen LogP contribution in [0, 0.1) is 17.2 Å². The SMILES string of the molecule is N#Cc1cnn2c(-c3cc(NC4CCOCC4)c(-c4nnc(N5CC6CCC(C5)N6CC5CCN(c6ccc(N7CCC(=O)NC7=O)cn6)CC5)s4)cn3)ccc2c1. The summed E-state index contributed by atoms with van der Waals surface area (Å²) in [7, 11) is 0. The summed E-state index contributed by atoms with van der Waals surface area (Å²) >= 11 is 1.64. The van der Waals surface area contributed by atoms with E-state index in [9.17, 15) is 14.9 Å². The van der Waals surface area contributed by atoms with Crippen molar-refractivity contribution in [2.75, 3.05) is 72.5 Å². The van der Waals surface area contributed by atoms with Gasteiger partial charge in [-0.15, -0.1) is 10.2 Å². The fraction of sp³-hybridized carbons (Fsp3) is 0.463. The van der Waals surface area contributed by atoms with Crippen LogP contribution in [0.5, 0.6) is 0 Å². The molecule has 58 heavy (non-hydrogen) atoms. The van der Waals surface area contributed by atoms with E-state index in [-0.39, 0.29) is 18.0 Å². The Kier molecular flexibility index (Phi) is 9.83. The second kappa shape index (κ2) is 15.6. The summed E-state index contributed by atoms with van der Waals surface area (Å²) in [5.41, 5.74) is 5.62. The first-order valence-electron chi connectivity index (χ1n) is 20.4. The monoisotopic (exact) mass is 799 g/mol. The van der Waals surface area contributed by atoms with Gasteiger partial charge in [0.05, 0.1) is 46.1 Å². The number of hydrogen-bond donors (Lipinski definition) is 2. The minimum atomic E-state index is -0.388. The van der Waals surface area contributed by atoms with Gasteiger partial charge in [-0.1, -0.05) is 11.3 Å². The van der Waals surface area contributed by atoms with Crippen LogP contribution < -0.4 is 25.3 Å². The molecule has 5 saturated heterocycles. The van der Waals surface area contributed by atoms with Crippen molar-refractivity contribution in [2.24, 2.45) is 5.92 Å². The third-order valence-corrected chi connectivity index (χ3v) is 13.4. The number of ether oxygens (including phenoxy) is 1. The van der Waals surface area contributed by atoms with Gasteiger partial charge in [0.2, 0.25) is 11.0 Å². The highest BCUT2D eigenvalue weighted by Gasteiger charge is 2.42. The van der Waals surface area contributed by atoms with Gasteiger partial charge in [0.25, 0.3) is 0 Å². The Morgan fingerprint density at radius 1 is 0.897 bits per heavy atom. The standard InChI is InChI=1S/C41H45N13O3S/c42-19-27-17-29-3-5-36(54(29)45-20-27)35-18-34(46-28-10-15-57-16-11-28)33(22-43-35)39-48-49-41(58-39)51-24-31-1-2-32(25-51)53(31)23-26-7-12-50(13-8-26)37-6-4-30(21-44-37)52-14-9-38(55)47-40(52)56/h3-6,17-18,20-22,26,28,31-32H,1-2,7-16,23-25H2,(H,43,46)(H,47,55,56). The average molecular weight is 800 g/mol. The van der Waals surface area contributed by atoms with Crippen LogP contribution in [0.4, 0.5) is 27.1 Å². The lowest BCUT2D eigenvalue weighted by Crippen LogP contribution is -2.55. The highest BCUT2D eigenvalue weighted by Crippen LogP contribution is 2.40. The minimum Gasteiger partial charge on any atom is -0.381 e. The number of urea groups is 1. The molecule has 0 radical (unpaired) electrons. The Balaban J connectivity index is 0.790. The maximum absolute atomic E-state index is 12.3. The molecule has 10 heterocycles. The number of imide groups is 1. The van der Waals surface area contributed by atoms with Gasteiger partial charge in [-0.05, 0) is 80.8 Å². The summed E-state index contributed by atoms with van der Waals surface area (Å²) < 4.78 is 7.48. The van der Waals surface area contributed by atoms with Gasteiger partial charge in [-0.2, -0.15) is 10.4 Å². The lowest BCUT2D eigenvalue weighted by atomic mass is 9.95. The highest BCUT2D eigenvalue weighted by atomic mass is 32.1. The first-order chi connectivity index (χ1) is 28.5. The normalized spacial score (nSPS) is 22.1. The number of hydrogen-bond acceptors (Lipinski definition) is 14. The molecule has 5 fully saturated rings. The lowest BCUT2D eigenvalue weighted by Gasteiger charge is -2.43. The van der Waals surface area contributed by atoms with E-state index < -0.39 is 0 Å². The number of piperidine rings is 1. The molecule has 5 aliphatic rings. The molecule has 0 aliphatic carbocycles. The number of nitriles is 1. The number of carbonyl (C=O) groups excluding carboxylic acids is 2. The van der Waals surface area contributed by atoms with E-state index in [0.29, 0.717) is 42.2 Å². The Hall–Kier alpha value is -5.70. The molecule has 3 amide bonds. The largest absolute Gasteiger partial charge is 0.381 e. The summed E-state index contributed by atoms with van der Waals surface area (Å²) in [6.45, 7) is 6.79. The Morgan fingerprint density at radius 3 is 2.48 bits per heavy atom. The number of piperazine rings is 1. The smallest absolute Gasteiger partial charge is 0.328 e. The summed E-state index contributed by atoms with van der Waals surface area (Å²) in [4.78, 5) is 42.6. The number of nitrogens with one attached hydrogen (secondary N) is 2. The zero-order chi connectivity index (χ0) is 39.2. The van der Waals surface area contributed by atoms with Crippen molar-refractivity contribution in [3.63, 3.8) is 0 Å². The summed E-state index contributed by atoms with van der Waals surface area (Å²) in [5, 5.41) is 31.4. The Labute approximate surface area is 339 Å². The molecule has 16 nitrogen and oxygen atoms in total. The molecular weight excluding hydrogens is 755 g/mol. The molecule has 2 N–H and O–H groups in total.